The van der Waals surface area contributed by atoms with Crippen LogP contribution in [-0.2, 0) is 6.54 Å². The average molecular weight is 472 g/mol. The van der Waals surface area contributed by atoms with Crippen LogP contribution >= 0.6 is 0 Å². The van der Waals surface area contributed by atoms with Gasteiger partial charge in [-0.15, -0.1) is 0 Å². The Morgan fingerprint density at radius 3 is 2.61 bits per heavy atom. The van der Waals surface area contributed by atoms with Crippen molar-refractivity contribution >= 4 is 21.9 Å². The standard InChI is InChI=1S/C29H25N7/c1-2-12-36(11-1)18-19-13-22(17-31-15-19)20-8-9-25-24(14-20)28(35-34-25)29-32-26-7-3-6-23(27(26)33-29)21-5-4-10-30-16-21/h3-10,13-17H,1-2,11-12,18H2,(H,32,33)(H,34,35). The van der Waals surface area contributed by atoms with Crippen LogP contribution in [0, 0.1) is 0 Å². The van der Waals surface area contributed by atoms with Gasteiger partial charge >= 0.3 is 0 Å². The van der Waals surface area contributed by atoms with Gasteiger partial charge in [0.15, 0.2) is 5.82 Å². The van der Waals surface area contributed by atoms with Gasteiger partial charge < -0.3 is 4.98 Å². The molecule has 0 bridgehead atoms. The Morgan fingerprint density at radius 2 is 1.72 bits per heavy atom. The van der Waals surface area contributed by atoms with E-state index in [0.29, 0.717) is 0 Å². The first kappa shape index (κ1) is 21.0. The average Bonchev–Trinajstić information content (AvgIpc) is 3.68. The lowest BCUT2D eigenvalue weighted by Gasteiger charge is -2.14. The van der Waals surface area contributed by atoms with Crippen LogP contribution in [0.5, 0.6) is 0 Å². The number of likely N-dealkylation sites (tertiary alicyclic amines) is 1. The predicted octanol–water partition coefficient (Wildman–Crippen LogP) is 5.83. The maximum Gasteiger partial charge on any atom is 0.159 e. The third kappa shape index (κ3) is 3.74. The number of nitrogens with zero attached hydrogens (tertiary/aromatic N) is 5. The number of benzene rings is 2. The molecule has 0 radical (unpaired) electrons. The highest BCUT2D eigenvalue weighted by Crippen LogP contribution is 2.33. The van der Waals surface area contributed by atoms with Crippen LogP contribution in [-0.4, -0.2) is 48.1 Å². The molecule has 0 atom stereocenters. The summed E-state index contributed by atoms with van der Waals surface area (Å²) in [4.78, 5) is 19.8. The highest BCUT2D eigenvalue weighted by molar-refractivity contribution is 5.98. The molecule has 176 valence electrons. The Hall–Kier alpha value is -4.36. The Kier molecular flexibility index (Phi) is 5.06. The van der Waals surface area contributed by atoms with Gasteiger partial charge in [0.05, 0.1) is 16.6 Å². The second-order valence-corrected chi connectivity index (χ2v) is 9.43. The van der Waals surface area contributed by atoms with Crippen molar-refractivity contribution in [1.82, 2.24) is 35.0 Å². The molecule has 7 heteroatoms. The maximum absolute atomic E-state index is 4.97. The molecule has 5 heterocycles. The minimum Gasteiger partial charge on any atom is -0.337 e. The first-order valence-corrected chi connectivity index (χ1v) is 12.4. The lowest BCUT2D eigenvalue weighted by Crippen LogP contribution is -2.18. The van der Waals surface area contributed by atoms with E-state index in [-0.39, 0.29) is 0 Å². The van der Waals surface area contributed by atoms with Crippen molar-refractivity contribution in [2.24, 2.45) is 0 Å². The number of fused-ring (bicyclic) bond motifs is 2. The largest absolute Gasteiger partial charge is 0.337 e. The number of hydrogen-bond donors (Lipinski definition) is 2. The number of H-pyrrole nitrogens is 2. The zero-order valence-electron chi connectivity index (χ0n) is 19.8. The molecule has 4 aromatic heterocycles. The minimum atomic E-state index is 0.741. The van der Waals surface area contributed by atoms with Crippen LogP contribution in [0.2, 0.25) is 0 Å². The van der Waals surface area contributed by atoms with Crippen LogP contribution in [0.3, 0.4) is 0 Å². The van der Waals surface area contributed by atoms with Gasteiger partial charge in [-0.2, -0.15) is 5.10 Å². The van der Waals surface area contributed by atoms with Gasteiger partial charge in [-0.3, -0.25) is 20.0 Å². The van der Waals surface area contributed by atoms with Gasteiger partial charge in [0, 0.05) is 53.4 Å². The Labute approximate surface area is 208 Å². The summed E-state index contributed by atoms with van der Waals surface area (Å²) in [7, 11) is 0. The summed E-state index contributed by atoms with van der Waals surface area (Å²) in [6.45, 7) is 3.31. The summed E-state index contributed by atoms with van der Waals surface area (Å²) >= 11 is 0. The topological polar surface area (TPSA) is 86.4 Å². The fourth-order valence-corrected chi connectivity index (χ4v) is 5.20. The number of aromatic nitrogens is 6. The number of para-hydroxylation sites is 1. The van der Waals surface area contributed by atoms with Crippen molar-refractivity contribution in [1.29, 1.82) is 0 Å². The Bertz CT molecular complexity index is 1680. The molecular formula is C29H25N7. The van der Waals surface area contributed by atoms with E-state index in [0.717, 1.165) is 62.3 Å². The van der Waals surface area contributed by atoms with E-state index in [1.165, 1.54) is 31.5 Å². The summed E-state index contributed by atoms with van der Waals surface area (Å²) in [6, 6.07) is 18.8. The number of hydrogen-bond acceptors (Lipinski definition) is 5. The summed E-state index contributed by atoms with van der Waals surface area (Å²) in [5, 5.41) is 8.83. The third-order valence-electron chi connectivity index (χ3n) is 7.01. The summed E-state index contributed by atoms with van der Waals surface area (Å²) in [5.74, 6) is 0.741. The monoisotopic (exact) mass is 471 g/mol. The quantitative estimate of drug-likeness (QED) is 0.331. The number of pyridine rings is 2. The van der Waals surface area contributed by atoms with Gasteiger partial charge in [0.2, 0.25) is 0 Å². The molecule has 0 unspecified atom stereocenters. The van der Waals surface area contributed by atoms with E-state index in [1.54, 1.807) is 6.20 Å². The number of nitrogens with one attached hydrogen (secondary N) is 2. The molecule has 1 aliphatic rings. The molecule has 0 aliphatic carbocycles. The lowest BCUT2D eigenvalue weighted by molar-refractivity contribution is 0.331. The molecule has 2 N–H and O–H groups in total. The molecule has 7 nitrogen and oxygen atoms in total. The second kappa shape index (κ2) is 8.70. The highest BCUT2D eigenvalue weighted by atomic mass is 15.1. The summed E-state index contributed by atoms with van der Waals surface area (Å²) < 4.78 is 0. The van der Waals surface area contributed by atoms with Gasteiger partial charge in [-0.1, -0.05) is 24.3 Å². The fourth-order valence-electron chi connectivity index (χ4n) is 5.20. The number of imidazole rings is 1. The van der Waals surface area contributed by atoms with Gasteiger partial charge in [0.1, 0.15) is 5.69 Å². The second-order valence-electron chi connectivity index (χ2n) is 9.43. The SMILES string of the molecule is c1cncc(-c2cccc3[nH]c(-c4n[nH]c5ccc(-c6cncc(CN7CCCC7)c6)cc45)nc23)c1. The van der Waals surface area contributed by atoms with Crippen molar-refractivity contribution in [3.8, 4) is 33.8 Å². The molecule has 1 fully saturated rings. The van der Waals surface area contributed by atoms with Gasteiger partial charge in [-0.05, 0) is 67.4 Å². The van der Waals surface area contributed by atoms with Crippen LogP contribution in [0.1, 0.15) is 18.4 Å². The van der Waals surface area contributed by atoms with Gasteiger partial charge in [-0.25, -0.2) is 4.98 Å². The Morgan fingerprint density at radius 1 is 0.806 bits per heavy atom. The predicted molar refractivity (Wildman–Crippen MR) is 142 cm³/mol. The van der Waals surface area contributed by atoms with Crippen molar-refractivity contribution < 1.29 is 0 Å². The van der Waals surface area contributed by atoms with E-state index in [2.05, 4.69) is 66.4 Å². The maximum atomic E-state index is 4.97. The molecule has 6 aromatic rings. The van der Waals surface area contributed by atoms with E-state index < -0.39 is 0 Å². The zero-order valence-corrected chi connectivity index (χ0v) is 19.8. The zero-order chi connectivity index (χ0) is 23.9. The number of rotatable bonds is 5. The smallest absolute Gasteiger partial charge is 0.159 e. The lowest BCUT2D eigenvalue weighted by atomic mass is 10.0. The molecular weight excluding hydrogens is 446 g/mol. The van der Waals surface area contributed by atoms with Crippen molar-refractivity contribution in [2.45, 2.75) is 19.4 Å². The first-order valence-electron chi connectivity index (χ1n) is 12.4. The van der Waals surface area contributed by atoms with Crippen molar-refractivity contribution in [3.05, 3.63) is 84.9 Å². The Balaban J connectivity index is 1.28. The molecule has 7 rings (SSSR count). The fraction of sp³-hybridized carbons (Fsp3) is 0.172. The molecule has 36 heavy (non-hydrogen) atoms. The van der Waals surface area contributed by atoms with E-state index in [1.807, 2.05) is 36.8 Å². The van der Waals surface area contributed by atoms with Crippen LogP contribution in [0.4, 0.5) is 0 Å². The van der Waals surface area contributed by atoms with Crippen molar-refractivity contribution in [2.75, 3.05) is 13.1 Å². The molecule has 1 saturated heterocycles. The number of aromatic amines is 2. The summed E-state index contributed by atoms with van der Waals surface area (Å²) in [5.41, 5.74) is 9.23. The van der Waals surface area contributed by atoms with Crippen molar-refractivity contribution in [3.63, 3.8) is 0 Å². The van der Waals surface area contributed by atoms with E-state index >= 15 is 0 Å². The highest BCUT2D eigenvalue weighted by Gasteiger charge is 2.16. The third-order valence-corrected chi connectivity index (χ3v) is 7.01. The van der Waals surface area contributed by atoms with Crippen LogP contribution in [0.25, 0.3) is 55.7 Å². The first-order chi connectivity index (χ1) is 17.8. The van der Waals surface area contributed by atoms with E-state index in [4.69, 9.17) is 4.98 Å². The van der Waals surface area contributed by atoms with Gasteiger partial charge in [0.25, 0.3) is 0 Å². The molecule has 0 amide bonds. The molecule has 2 aromatic carbocycles. The van der Waals surface area contributed by atoms with E-state index in [9.17, 15) is 0 Å². The summed E-state index contributed by atoms with van der Waals surface area (Å²) in [6.07, 6.45) is 10.2. The van der Waals surface area contributed by atoms with Crippen LogP contribution < -0.4 is 0 Å². The van der Waals surface area contributed by atoms with Crippen LogP contribution in [0.15, 0.2) is 79.4 Å². The molecule has 0 spiro atoms. The normalized spacial score (nSPS) is 14.2. The minimum absolute atomic E-state index is 0.741. The molecule has 1 aliphatic heterocycles. The molecule has 0 saturated carbocycles.